The molecule has 0 unspecified atom stereocenters. The van der Waals surface area contributed by atoms with Crippen LogP contribution in [0.15, 0.2) is 53.0 Å². The molecule has 2 aromatic rings. The average Bonchev–Trinajstić information content (AvgIpc) is 2.67. The number of nitrogens with one attached hydrogen (secondary N) is 1. The van der Waals surface area contributed by atoms with E-state index in [0.717, 1.165) is 10.0 Å². The van der Waals surface area contributed by atoms with Crippen LogP contribution >= 0.6 is 15.9 Å². The van der Waals surface area contributed by atoms with Gasteiger partial charge in [-0.2, -0.15) is 0 Å². The van der Waals surface area contributed by atoms with Gasteiger partial charge in [0, 0.05) is 29.6 Å². The molecule has 1 fully saturated rings. The second-order valence-corrected chi connectivity index (χ2v) is 9.05. The molecule has 4 heteroatoms. The molecule has 0 spiro atoms. The van der Waals surface area contributed by atoms with Gasteiger partial charge in [0.05, 0.1) is 5.41 Å². The molecule has 3 rings (SSSR count). The topological polar surface area (TPSA) is 38.3 Å². The maximum Gasteiger partial charge on any atom is 0.230 e. The third-order valence-electron chi connectivity index (χ3n) is 5.67. The van der Waals surface area contributed by atoms with Crippen LogP contribution in [0, 0.1) is 6.92 Å². The van der Waals surface area contributed by atoms with Crippen LogP contribution in [0.3, 0.4) is 0 Å². The second-order valence-electron chi connectivity index (χ2n) is 8.14. The van der Waals surface area contributed by atoms with Crippen LogP contribution in [0.4, 0.5) is 0 Å². The van der Waals surface area contributed by atoms with Gasteiger partial charge in [0.25, 0.3) is 0 Å². The maximum atomic E-state index is 13.4. The van der Waals surface area contributed by atoms with E-state index in [1.807, 2.05) is 12.1 Å². The molecule has 0 aromatic heterocycles. The summed E-state index contributed by atoms with van der Waals surface area (Å²) in [5.74, 6) is 0.105. The molecule has 27 heavy (non-hydrogen) atoms. The molecule has 0 aliphatic carbocycles. The lowest BCUT2D eigenvalue weighted by molar-refractivity contribution is -0.130. The van der Waals surface area contributed by atoms with Gasteiger partial charge in [-0.1, -0.05) is 71.7 Å². The fourth-order valence-electron chi connectivity index (χ4n) is 3.77. The molecule has 144 valence electrons. The predicted molar refractivity (Wildman–Crippen MR) is 113 cm³/mol. The summed E-state index contributed by atoms with van der Waals surface area (Å²) in [6.07, 6.45) is 1.43. The third-order valence-corrected chi connectivity index (χ3v) is 6.20. The Balaban J connectivity index is 1.80. The summed E-state index contributed by atoms with van der Waals surface area (Å²) in [7, 11) is 0. The molecule has 1 N–H and O–H groups in total. The lowest BCUT2D eigenvalue weighted by Crippen LogP contribution is -2.50. The quantitative estimate of drug-likeness (QED) is 0.733. The minimum atomic E-state index is -0.512. The van der Waals surface area contributed by atoms with E-state index < -0.39 is 5.41 Å². The Morgan fingerprint density at radius 2 is 1.81 bits per heavy atom. The van der Waals surface area contributed by atoms with Crippen molar-refractivity contribution < 1.29 is 9.53 Å². The van der Waals surface area contributed by atoms with Gasteiger partial charge in [-0.25, -0.2) is 0 Å². The molecule has 1 aliphatic heterocycles. The van der Waals surface area contributed by atoms with Gasteiger partial charge < -0.3 is 10.1 Å². The monoisotopic (exact) mass is 429 g/mol. The number of carbonyl (C=O) groups is 1. The van der Waals surface area contributed by atoms with Gasteiger partial charge in [0.15, 0.2) is 0 Å². The third kappa shape index (κ3) is 4.44. The first-order chi connectivity index (χ1) is 12.8. The van der Waals surface area contributed by atoms with E-state index in [9.17, 15) is 4.79 Å². The Hall–Kier alpha value is -1.65. The van der Waals surface area contributed by atoms with Crippen LogP contribution in [-0.4, -0.2) is 25.7 Å². The first-order valence-corrected chi connectivity index (χ1v) is 10.3. The number of rotatable bonds is 5. The Labute approximate surface area is 170 Å². The van der Waals surface area contributed by atoms with Gasteiger partial charge in [0.1, 0.15) is 0 Å². The molecule has 1 amide bonds. The summed E-state index contributed by atoms with van der Waals surface area (Å²) in [5, 5.41) is 3.26. The first-order valence-electron chi connectivity index (χ1n) is 9.53. The van der Waals surface area contributed by atoms with Crippen molar-refractivity contribution in [3.05, 3.63) is 69.7 Å². The first kappa shape index (κ1) is 20.1. The number of ether oxygens (including phenoxy) is 1. The molecular weight excluding hydrogens is 402 g/mol. The Bertz CT molecular complexity index is 792. The van der Waals surface area contributed by atoms with E-state index in [1.165, 1.54) is 11.1 Å². The predicted octanol–water partition coefficient (Wildman–Crippen LogP) is 4.90. The van der Waals surface area contributed by atoms with E-state index in [-0.39, 0.29) is 11.3 Å². The molecule has 1 aliphatic rings. The number of halogens is 1. The molecule has 0 bridgehead atoms. The van der Waals surface area contributed by atoms with E-state index in [0.29, 0.717) is 32.6 Å². The zero-order chi connectivity index (χ0) is 19.5. The lowest BCUT2D eigenvalue weighted by Gasteiger charge is -2.37. The standard InChI is InChI=1S/C23H28BrNO2/c1-17-5-4-6-19(15-17)22(2,3)16-25-21(26)23(11-13-27-14-12-23)18-7-9-20(24)10-8-18/h4-10,15H,11-14,16H2,1-3H3,(H,25,26). The highest BCUT2D eigenvalue weighted by Crippen LogP contribution is 2.36. The van der Waals surface area contributed by atoms with E-state index in [2.05, 4.69) is 78.4 Å². The molecule has 1 heterocycles. The summed E-state index contributed by atoms with van der Waals surface area (Å²) in [6, 6.07) is 16.6. The highest BCUT2D eigenvalue weighted by molar-refractivity contribution is 9.10. The van der Waals surface area contributed by atoms with Crippen molar-refractivity contribution in [2.75, 3.05) is 19.8 Å². The van der Waals surface area contributed by atoms with Crippen LogP contribution < -0.4 is 5.32 Å². The number of aryl methyl sites for hydroxylation is 1. The largest absolute Gasteiger partial charge is 0.381 e. The summed E-state index contributed by atoms with van der Waals surface area (Å²) in [6.45, 7) is 8.29. The SMILES string of the molecule is Cc1cccc(C(C)(C)CNC(=O)C2(c3ccc(Br)cc3)CCOCC2)c1. The zero-order valence-electron chi connectivity index (χ0n) is 16.3. The minimum Gasteiger partial charge on any atom is -0.381 e. The molecule has 1 saturated heterocycles. The molecule has 0 radical (unpaired) electrons. The highest BCUT2D eigenvalue weighted by atomic mass is 79.9. The van der Waals surface area contributed by atoms with Gasteiger partial charge in [0.2, 0.25) is 5.91 Å². The summed E-state index contributed by atoms with van der Waals surface area (Å²) in [4.78, 5) is 13.4. The maximum absolute atomic E-state index is 13.4. The Morgan fingerprint density at radius 3 is 2.44 bits per heavy atom. The summed E-state index contributed by atoms with van der Waals surface area (Å²) >= 11 is 3.49. The van der Waals surface area contributed by atoms with Gasteiger partial charge in [-0.15, -0.1) is 0 Å². The Kier molecular flexibility index (Phi) is 6.07. The van der Waals surface area contributed by atoms with Gasteiger partial charge in [-0.3, -0.25) is 4.79 Å². The number of amides is 1. The van der Waals surface area contributed by atoms with Crippen molar-refractivity contribution >= 4 is 21.8 Å². The molecule has 2 aromatic carbocycles. The van der Waals surface area contributed by atoms with Gasteiger partial charge >= 0.3 is 0 Å². The van der Waals surface area contributed by atoms with Crippen LogP contribution in [0.2, 0.25) is 0 Å². The van der Waals surface area contributed by atoms with Crippen molar-refractivity contribution in [1.29, 1.82) is 0 Å². The number of carbonyl (C=O) groups excluding carboxylic acids is 1. The van der Waals surface area contributed by atoms with Gasteiger partial charge in [-0.05, 0) is 43.0 Å². The number of benzene rings is 2. The van der Waals surface area contributed by atoms with Crippen molar-refractivity contribution in [2.45, 2.75) is 44.4 Å². The normalized spacial score (nSPS) is 16.7. The summed E-state index contributed by atoms with van der Waals surface area (Å²) in [5.41, 5.74) is 2.91. The van der Waals surface area contributed by atoms with Crippen molar-refractivity contribution in [3.8, 4) is 0 Å². The molecule has 0 saturated carbocycles. The van der Waals surface area contributed by atoms with Crippen molar-refractivity contribution in [2.24, 2.45) is 0 Å². The van der Waals surface area contributed by atoms with E-state index in [1.54, 1.807) is 0 Å². The van der Waals surface area contributed by atoms with Crippen LogP contribution in [0.5, 0.6) is 0 Å². The van der Waals surface area contributed by atoms with Crippen molar-refractivity contribution in [1.82, 2.24) is 5.32 Å². The Morgan fingerprint density at radius 1 is 1.15 bits per heavy atom. The zero-order valence-corrected chi connectivity index (χ0v) is 17.9. The molecule has 0 atom stereocenters. The van der Waals surface area contributed by atoms with Crippen molar-refractivity contribution in [3.63, 3.8) is 0 Å². The average molecular weight is 430 g/mol. The van der Waals surface area contributed by atoms with E-state index in [4.69, 9.17) is 4.74 Å². The number of hydrogen-bond acceptors (Lipinski definition) is 2. The van der Waals surface area contributed by atoms with E-state index >= 15 is 0 Å². The van der Waals surface area contributed by atoms with Crippen LogP contribution in [0.25, 0.3) is 0 Å². The fraction of sp³-hybridized carbons (Fsp3) is 0.435. The molecule has 3 nitrogen and oxygen atoms in total. The molecular formula is C23H28BrNO2. The lowest BCUT2D eigenvalue weighted by atomic mass is 9.73. The summed E-state index contributed by atoms with van der Waals surface area (Å²) < 4.78 is 6.58. The fourth-order valence-corrected chi connectivity index (χ4v) is 4.04. The van der Waals surface area contributed by atoms with Crippen LogP contribution in [0.1, 0.15) is 43.4 Å². The van der Waals surface area contributed by atoms with Crippen LogP contribution in [-0.2, 0) is 20.4 Å². The highest BCUT2D eigenvalue weighted by Gasteiger charge is 2.42. The smallest absolute Gasteiger partial charge is 0.230 e. The second kappa shape index (κ2) is 8.15. The minimum absolute atomic E-state index is 0.105. The number of hydrogen-bond donors (Lipinski definition) is 1.